The minimum Gasteiger partial charge on any atom is -0.549 e. The molecule has 0 amide bonds. The van der Waals surface area contributed by atoms with Crippen LogP contribution in [0.5, 0.6) is 0 Å². The van der Waals surface area contributed by atoms with Gasteiger partial charge in [-0.25, -0.2) is 0 Å². The number of hydrogen-bond acceptors (Lipinski definition) is 3. The first-order valence-electron chi connectivity index (χ1n) is 11.4. The molecule has 0 aliphatic heterocycles. The Morgan fingerprint density at radius 2 is 1.18 bits per heavy atom. The van der Waals surface area contributed by atoms with Crippen molar-refractivity contribution >= 4 is 5.97 Å². The van der Waals surface area contributed by atoms with Crippen LogP contribution in [0.25, 0.3) is 0 Å². The van der Waals surface area contributed by atoms with Gasteiger partial charge in [-0.2, -0.15) is 0 Å². The van der Waals surface area contributed by atoms with Gasteiger partial charge in [-0.05, 0) is 51.4 Å². The summed E-state index contributed by atoms with van der Waals surface area (Å²) < 4.78 is 0. The van der Waals surface area contributed by atoms with Crippen molar-refractivity contribution in [3.05, 3.63) is 24.3 Å². The fourth-order valence-corrected chi connectivity index (χ4v) is 3.61. The van der Waals surface area contributed by atoms with Gasteiger partial charge >= 0.3 is 51.4 Å². The summed E-state index contributed by atoms with van der Waals surface area (Å²) in [5, 5.41) is 11.4. The zero-order chi connectivity index (χ0) is 20.3. The van der Waals surface area contributed by atoms with E-state index in [0.29, 0.717) is 12.1 Å². The van der Waals surface area contributed by atoms with Gasteiger partial charge in [0.1, 0.15) is 0 Å². The summed E-state index contributed by atoms with van der Waals surface area (Å²) in [7, 11) is 0. The van der Waals surface area contributed by atoms with Gasteiger partial charge in [0.15, 0.2) is 0 Å². The molecule has 28 heavy (non-hydrogen) atoms. The van der Waals surface area contributed by atoms with Crippen molar-refractivity contribution < 1.29 is 61.3 Å². The first kappa shape index (κ1) is 30.7. The maximum Gasteiger partial charge on any atom is 1.00 e. The molecule has 0 fully saturated rings. The van der Waals surface area contributed by atoms with Crippen molar-refractivity contribution in [2.45, 2.75) is 117 Å². The van der Waals surface area contributed by atoms with E-state index in [1.807, 2.05) is 0 Å². The van der Waals surface area contributed by atoms with Crippen LogP contribution in [0.2, 0.25) is 0 Å². The molecule has 0 aromatic carbocycles. The Balaban J connectivity index is 0. The molecule has 0 rings (SSSR count). The molecule has 0 aliphatic rings. The Labute approximate surface area is 217 Å². The molecule has 158 valence electrons. The zero-order valence-corrected chi connectivity index (χ0v) is 22.5. The van der Waals surface area contributed by atoms with Crippen molar-refractivity contribution in [3.8, 4) is 0 Å². The topological polar surface area (TPSA) is 43.4 Å². The fourth-order valence-electron chi connectivity index (χ4n) is 3.61. The Bertz CT molecular complexity index is 379. The normalized spacial score (nSPS) is 13.9. The molecule has 4 heteroatoms. The van der Waals surface area contributed by atoms with E-state index in [1.54, 1.807) is 0 Å². The number of nitrogens with zero attached hydrogens (tertiary/aromatic N) is 1. The van der Waals surface area contributed by atoms with Gasteiger partial charge in [-0.15, -0.1) is 0 Å². The van der Waals surface area contributed by atoms with Gasteiger partial charge in [0, 0.05) is 18.6 Å². The smallest absolute Gasteiger partial charge is 0.549 e. The maximum atomic E-state index is 11.4. The van der Waals surface area contributed by atoms with Crippen LogP contribution in [0.1, 0.15) is 105 Å². The van der Waals surface area contributed by atoms with Crippen LogP contribution in [-0.4, -0.2) is 29.5 Å². The van der Waals surface area contributed by atoms with E-state index in [9.17, 15) is 9.90 Å². The van der Waals surface area contributed by atoms with Gasteiger partial charge in [0.25, 0.3) is 0 Å². The minimum atomic E-state index is -0.955. The second-order valence-corrected chi connectivity index (χ2v) is 7.55. The van der Waals surface area contributed by atoms with Gasteiger partial charge in [-0.1, -0.05) is 77.7 Å². The standard InChI is InChI=1S/C24H45NO2.K/c1-5-9-11-13-15-17-19-22(7-3)25(21-24(26)27)23(8-4)20-18-16-14-12-10-6-2;/h13-16,22-23H,5-12,17-21H2,1-4H3,(H,26,27);/q;+1/p-1/b15-13+,16-14+;. The van der Waals surface area contributed by atoms with E-state index in [4.69, 9.17) is 0 Å². The van der Waals surface area contributed by atoms with Crippen molar-refractivity contribution in [1.29, 1.82) is 0 Å². The minimum absolute atomic E-state index is 0. The van der Waals surface area contributed by atoms with E-state index in [-0.39, 0.29) is 57.9 Å². The zero-order valence-electron chi connectivity index (χ0n) is 19.4. The van der Waals surface area contributed by atoms with Gasteiger partial charge in [0.2, 0.25) is 0 Å². The quantitative estimate of drug-likeness (QED) is 0.196. The summed E-state index contributed by atoms with van der Waals surface area (Å²) in [5.41, 5.74) is 0. The van der Waals surface area contributed by atoms with Crippen molar-refractivity contribution in [2.75, 3.05) is 6.54 Å². The van der Waals surface area contributed by atoms with E-state index >= 15 is 0 Å². The first-order chi connectivity index (χ1) is 13.1. The predicted molar refractivity (Wildman–Crippen MR) is 116 cm³/mol. The number of carbonyl (C=O) groups is 1. The second kappa shape index (κ2) is 22.2. The molecule has 2 unspecified atom stereocenters. The fraction of sp³-hybridized carbons (Fsp3) is 0.792. The Kier molecular flexibility index (Phi) is 24.4. The molecule has 2 atom stereocenters. The monoisotopic (exact) mass is 417 g/mol. The van der Waals surface area contributed by atoms with Crippen LogP contribution >= 0.6 is 0 Å². The summed E-state index contributed by atoms with van der Waals surface area (Å²) in [6.07, 6.45) is 22.4. The average Bonchev–Trinajstić information content (AvgIpc) is 2.65. The van der Waals surface area contributed by atoms with Crippen LogP contribution < -0.4 is 56.5 Å². The molecule has 0 aromatic heterocycles. The number of aliphatic carboxylic acids is 1. The van der Waals surface area contributed by atoms with Crippen LogP contribution in [-0.2, 0) is 4.79 Å². The molecular weight excluding hydrogens is 373 g/mol. The molecule has 0 saturated carbocycles. The number of carboxylic acids is 1. The predicted octanol–water partition coefficient (Wildman–Crippen LogP) is 2.65. The number of rotatable bonds is 18. The number of carbonyl (C=O) groups excluding carboxylic acids is 1. The first-order valence-corrected chi connectivity index (χ1v) is 11.4. The molecule has 0 aliphatic carbocycles. The Morgan fingerprint density at radius 1 is 0.786 bits per heavy atom. The maximum absolute atomic E-state index is 11.4. The molecule has 3 nitrogen and oxygen atoms in total. The van der Waals surface area contributed by atoms with E-state index in [0.717, 1.165) is 51.4 Å². The second-order valence-electron chi connectivity index (χ2n) is 7.55. The van der Waals surface area contributed by atoms with Gasteiger partial charge in [-0.3, -0.25) is 4.90 Å². The molecule has 0 saturated heterocycles. The van der Waals surface area contributed by atoms with Crippen LogP contribution in [0.3, 0.4) is 0 Å². The van der Waals surface area contributed by atoms with E-state index in [2.05, 4.69) is 56.9 Å². The number of unbranched alkanes of at least 4 members (excludes halogenated alkanes) is 4. The van der Waals surface area contributed by atoms with Crippen molar-refractivity contribution in [1.82, 2.24) is 4.90 Å². The number of allylic oxidation sites excluding steroid dienone is 4. The largest absolute Gasteiger partial charge is 1.00 e. The summed E-state index contributed by atoms with van der Waals surface area (Å²) in [6, 6.07) is 0.625. The summed E-state index contributed by atoms with van der Waals surface area (Å²) in [6.45, 7) is 8.82. The summed E-state index contributed by atoms with van der Waals surface area (Å²) in [5.74, 6) is -0.955. The average molecular weight is 418 g/mol. The molecule has 0 spiro atoms. The number of hydrogen-bond donors (Lipinski definition) is 0. The third-order valence-electron chi connectivity index (χ3n) is 5.31. The molecule has 0 radical (unpaired) electrons. The summed E-state index contributed by atoms with van der Waals surface area (Å²) >= 11 is 0. The molecule has 0 bridgehead atoms. The number of carboxylic acid groups (broad SMARTS) is 1. The third kappa shape index (κ3) is 16.4. The van der Waals surface area contributed by atoms with Crippen LogP contribution in [0, 0.1) is 0 Å². The van der Waals surface area contributed by atoms with Crippen LogP contribution in [0.4, 0.5) is 0 Å². The Morgan fingerprint density at radius 3 is 1.50 bits per heavy atom. The molecular formula is C24H44KNO2. The van der Waals surface area contributed by atoms with Crippen molar-refractivity contribution in [2.24, 2.45) is 0 Å². The van der Waals surface area contributed by atoms with Gasteiger partial charge in [0.05, 0.1) is 5.97 Å². The molecule has 0 N–H and O–H groups in total. The van der Waals surface area contributed by atoms with Crippen molar-refractivity contribution in [3.63, 3.8) is 0 Å². The third-order valence-corrected chi connectivity index (χ3v) is 5.31. The SMILES string of the molecule is CCCC/C=C/CCC(CC)N(CC(=O)[O-])C(CC)CC/C=C/CCCC.[K+]. The molecule has 0 aromatic rings. The van der Waals surface area contributed by atoms with E-state index in [1.165, 1.54) is 25.7 Å². The Hall–Kier alpha value is 0.546. The summed E-state index contributed by atoms with van der Waals surface area (Å²) in [4.78, 5) is 13.6. The van der Waals surface area contributed by atoms with E-state index < -0.39 is 5.97 Å². The van der Waals surface area contributed by atoms with Gasteiger partial charge < -0.3 is 9.90 Å². The molecule has 0 heterocycles. The van der Waals surface area contributed by atoms with Crippen LogP contribution in [0.15, 0.2) is 24.3 Å².